The van der Waals surface area contributed by atoms with Gasteiger partial charge in [-0.3, -0.25) is 4.79 Å². The first-order valence-electron chi connectivity index (χ1n) is 9.42. The van der Waals surface area contributed by atoms with E-state index in [0.717, 1.165) is 24.2 Å². The van der Waals surface area contributed by atoms with Gasteiger partial charge in [0.15, 0.2) is 5.76 Å². The molecule has 0 spiro atoms. The van der Waals surface area contributed by atoms with Crippen LogP contribution in [0.5, 0.6) is 5.75 Å². The Kier molecular flexibility index (Phi) is 6.10. The monoisotopic (exact) mass is 406 g/mol. The minimum atomic E-state index is -3.62. The average molecular weight is 407 g/mol. The predicted molar refractivity (Wildman–Crippen MR) is 105 cm³/mol. The molecule has 152 valence electrons. The van der Waals surface area contributed by atoms with Crippen molar-refractivity contribution >= 4 is 15.9 Å². The summed E-state index contributed by atoms with van der Waals surface area (Å²) in [4.78, 5) is 12.5. The van der Waals surface area contributed by atoms with Gasteiger partial charge in [-0.25, -0.2) is 8.42 Å². The van der Waals surface area contributed by atoms with Crippen molar-refractivity contribution in [3.8, 4) is 5.75 Å². The van der Waals surface area contributed by atoms with Crippen LogP contribution in [0, 0.1) is 6.92 Å². The van der Waals surface area contributed by atoms with Gasteiger partial charge in [-0.2, -0.15) is 4.31 Å². The van der Waals surface area contributed by atoms with Gasteiger partial charge >= 0.3 is 0 Å². The molecule has 0 saturated carbocycles. The van der Waals surface area contributed by atoms with Crippen LogP contribution in [0.3, 0.4) is 0 Å². The standard InChI is InChI=1S/C20H26N2O5S/c1-14(2)26-17-8-6-16(7-9-17)13-21-20(23)18-12-19(15(3)27-18)28(24,25)22-10-4-5-11-22/h6-9,12,14H,4-5,10-11,13H2,1-3H3,(H,21,23). The van der Waals surface area contributed by atoms with E-state index in [1.165, 1.54) is 10.4 Å². The highest BCUT2D eigenvalue weighted by atomic mass is 32.2. The Morgan fingerprint density at radius 3 is 2.46 bits per heavy atom. The van der Waals surface area contributed by atoms with Gasteiger partial charge in [0.05, 0.1) is 6.10 Å². The first-order chi connectivity index (χ1) is 13.3. The minimum absolute atomic E-state index is 0.00460. The summed E-state index contributed by atoms with van der Waals surface area (Å²) in [5.41, 5.74) is 0.901. The Labute approximate surface area is 165 Å². The summed E-state index contributed by atoms with van der Waals surface area (Å²) < 4.78 is 37.9. The van der Waals surface area contributed by atoms with Gasteiger partial charge in [0.2, 0.25) is 10.0 Å². The van der Waals surface area contributed by atoms with E-state index in [9.17, 15) is 13.2 Å². The Morgan fingerprint density at radius 2 is 1.86 bits per heavy atom. The third-order valence-electron chi connectivity index (χ3n) is 4.53. The first-order valence-corrected chi connectivity index (χ1v) is 10.9. The molecule has 1 amide bonds. The largest absolute Gasteiger partial charge is 0.491 e. The lowest BCUT2D eigenvalue weighted by Crippen LogP contribution is -2.28. The summed E-state index contributed by atoms with van der Waals surface area (Å²) in [5.74, 6) is 0.541. The topological polar surface area (TPSA) is 88.8 Å². The van der Waals surface area contributed by atoms with Crippen molar-refractivity contribution in [1.29, 1.82) is 0 Å². The second-order valence-electron chi connectivity index (χ2n) is 7.14. The van der Waals surface area contributed by atoms with Gasteiger partial charge in [-0.05, 0) is 51.3 Å². The van der Waals surface area contributed by atoms with E-state index in [4.69, 9.17) is 9.15 Å². The smallest absolute Gasteiger partial charge is 0.287 e. The molecule has 1 saturated heterocycles. The number of amides is 1. The van der Waals surface area contributed by atoms with Gasteiger partial charge in [0.25, 0.3) is 5.91 Å². The number of rotatable bonds is 7. The van der Waals surface area contributed by atoms with E-state index in [0.29, 0.717) is 19.6 Å². The third kappa shape index (κ3) is 4.56. The third-order valence-corrected chi connectivity index (χ3v) is 6.53. The molecule has 1 fully saturated rings. The van der Waals surface area contributed by atoms with Crippen LogP contribution < -0.4 is 10.1 Å². The van der Waals surface area contributed by atoms with E-state index in [1.807, 2.05) is 38.1 Å². The van der Waals surface area contributed by atoms with E-state index < -0.39 is 15.9 Å². The Hall–Kier alpha value is -2.32. The van der Waals surface area contributed by atoms with Crippen LogP contribution in [0.25, 0.3) is 0 Å². The molecule has 1 N–H and O–H groups in total. The maximum Gasteiger partial charge on any atom is 0.287 e. The molecule has 1 aromatic heterocycles. The number of carbonyl (C=O) groups excluding carboxylic acids is 1. The summed E-state index contributed by atoms with van der Waals surface area (Å²) in [6.07, 6.45) is 1.80. The quantitative estimate of drug-likeness (QED) is 0.763. The fourth-order valence-corrected chi connectivity index (χ4v) is 4.81. The molecule has 0 atom stereocenters. The van der Waals surface area contributed by atoms with Crippen LogP contribution in [-0.4, -0.2) is 37.8 Å². The van der Waals surface area contributed by atoms with Crippen LogP contribution >= 0.6 is 0 Å². The predicted octanol–water partition coefficient (Wildman–Crippen LogP) is 3.09. The first kappa shape index (κ1) is 20.4. The van der Waals surface area contributed by atoms with Gasteiger partial charge < -0.3 is 14.5 Å². The number of benzene rings is 1. The number of aryl methyl sites for hydroxylation is 1. The zero-order valence-electron chi connectivity index (χ0n) is 16.4. The van der Waals surface area contributed by atoms with Gasteiger partial charge in [0, 0.05) is 25.7 Å². The summed E-state index contributed by atoms with van der Waals surface area (Å²) in [6, 6.07) is 8.75. The van der Waals surface area contributed by atoms with Crippen molar-refractivity contribution in [3.63, 3.8) is 0 Å². The van der Waals surface area contributed by atoms with Gasteiger partial charge in [-0.15, -0.1) is 0 Å². The number of furan rings is 1. The van der Waals surface area contributed by atoms with Crippen LogP contribution in [0.4, 0.5) is 0 Å². The second-order valence-corrected chi connectivity index (χ2v) is 9.04. The minimum Gasteiger partial charge on any atom is -0.491 e. The number of nitrogens with one attached hydrogen (secondary N) is 1. The van der Waals surface area contributed by atoms with Gasteiger partial charge in [-0.1, -0.05) is 12.1 Å². The zero-order chi connectivity index (χ0) is 20.3. The van der Waals surface area contributed by atoms with Gasteiger partial charge in [0.1, 0.15) is 16.4 Å². The van der Waals surface area contributed by atoms with Crippen LogP contribution in [-0.2, 0) is 16.6 Å². The fraction of sp³-hybridized carbons (Fsp3) is 0.450. The lowest BCUT2D eigenvalue weighted by atomic mass is 10.2. The molecule has 1 aromatic carbocycles. The van der Waals surface area contributed by atoms with Crippen molar-refractivity contribution in [2.24, 2.45) is 0 Å². The Morgan fingerprint density at radius 1 is 1.21 bits per heavy atom. The normalized spacial score (nSPS) is 15.1. The fourth-order valence-electron chi connectivity index (χ4n) is 3.13. The zero-order valence-corrected chi connectivity index (χ0v) is 17.2. The molecule has 1 aliphatic rings. The van der Waals surface area contributed by atoms with Crippen molar-refractivity contribution in [3.05, 3.63) is 47.4 Å². The summed E-state index contributed by atoms with van der Waals surface area (Å²) in [5, 5.41) is 2.76. The maximum atomic E-state index is 12.7. The molecule has 8 heteroatoms. The number of hydrogen-bond donors (Lipinski definition) is 1. The number of sulfonamides is 1. The van der Waals surface area contributed by atoms with Crippen molar-refractivity contribution in [2.45, 2.75) is 51.2 Å². The Bertz CT molecular complexity index is 926. The summed E-state index contributed by atoms with van der Waals surface area (Å²) >= 11 is 0. The number of hydrogen-bond acceptors (Lipinski definition) is 5. The van der Waals surface area contributed by atoms with Crippen molar-refractivity contribution in [1.82, 2.24) is 9.62 Å². The van der Waals surface area contributed by atoms with Crippen LogP contribution in [0.2, 0.25) is 0 Å². The molecular formula is C20H26N2O5S. The van der Waals surface area contributed by atoms with E-state index in [-0.39, 0.29) is 22.5 Å². The molecule has 28 heavy (non-hydrogen) atoms. The lowest BCUT2D eigenvalue weighted by molar-refractivity contribution is 0.0922. The molecule has 0 bridgehead atoms. The molecule has 7 nitrogen and oxygen atoms in total. The SMILES string of the molecule is Cc1oc(C(=O)NCc2ccc(OC(C)C)cc2)cc1S(=O)(=O)N1CCCC1. The lowest BCUT2D eigenvalue weighted by Gasteiger charge is -2.14. The average Bonchev–Trinajstić information content (AvgIpc) is 3.31. The highest BCUT2D eigenvalue weighted by molar-refractivity contribution is 7.89. The molecule has 3 rings (SSSR count). The van der Waals surface area contributed by atoms with E-state index in [1.54, 1.807) is 6.92 Å². The molecule has 2 heterocycles. The Balaban J connectivity index is 1.65. The molecule has 0 unspecified atom stereocenters. The number of nitrogens with zero attached hydrogens (tertiary/aromatic N) is 1. The maximum absolute atomic E-state index is 12.7. The second kappa shape index (κ2) is 8.36. The van der Waals surface area contributed by atoms with Crippen LogP contribution in [0.1, 0.15) is 48.6 Å². The highest BCUT2D eigenvalue weighted by Gasteiger charge is 2.31. The van der Waals surface area contributed by atoms with E-state index in [2.05, 4.69) is 5.32 Å². The molecular weight excluding hydrogens is 380 g/mol. The van der Waals surface area contributed by atoms with Crippen molar-refractivity contribution < 1.29 is 22.4 Å². The summed E-state index contributed by atoms with van der Waals surface area (Å²) in [6.45, 7) is 6.78. The highest BCUT2D eigenvalue weighted by Crippen LogP contribution is 2.26. The molecule has 0 radical (unpaired) electrons. The number of ether oxygens (including phenoxy) is 1. The molecule has 0 aliphatic carbocycles. The molecule has 1 aliphatic heterocycles. The van der Waals surface area contributed by atoms with Crippen LogP contribution in [0.15, 0.2) is 39.6 Å². The molecule has 2 aromatic rings. The summed E-state index contributed by atoms with van der Waals surface area (Å²) in [7, 11) is -3.62. The van der Waals surface area contributed by atoms with E-state index >= 15 is 0 Å². The van der Waals surface area contributed by atoms with Crippen molar-refractivity contribution in [2.75, 3.05) is 13.1 Å². The number of carbonyl (C=O) groups is 1.